The fourth-order valence-corrected chi connectivity index (χ4v) is 6.46. The molecule has 2 unspecified atom stereocenters. The highest BCUT2D eigenvalue weighted by Crippen LogP contribution is 2.36. The molecule has 1 aliphatic carbocycles. The van der Waals surface area contributed by atoms with Crippen molar-refractivity contribution in [3.05, 3.63) is 42.9 Å². The van der Waals surface area contributed by atoms with Gasteiger partial charge in [-0.3, -0.25) is 9.97 Å². The molecule has 2 atom stereocenters. The zero-order valence-corrected chi connectivity index (χ0v) is 22.2. The van der Waals surface area contributed by atoms with E-state index < -0.39 is 0 Å². The smallest absolute Gasteiger partial charge is 0.141 e. The second-order valence-electron chi connectivity index (χ2n) is 9.48. The summed E-state index contributed by atoms with van der Waals surface area (Å²) in [6.45, 7) is 6.21. The number of hydrogen-bond donors (Lipinski definition) is 4. The highest BCUT2D eigenvalue weighted by molar-refractivity contribution is 8.00. The van der Waals surface area contributed by atoms with Crippen molar-refractivity contribution in [1.29, 1.82) is 0 Å². The Bertz CT molecular complexity index is 1130. The van der Waals surface area contributed by atoms with Gasteiger partial charge in [-0.1, -0.05) is 38.5 Å². The predicted octanol–water partition coefficient (Wildman–Crippen LogP) is 5.84. The molecule has 0 amide bonds. The minimum absolute atomic E-state index is 0.105. The average molecular weight is 507 g/mol. The molecule has 4 N–H and O–H groups in total. The highest BCUT2D eigenvalue weighted by atomic mass is 32.2. The number of fused-ring (bicyclic) bond motifs is 1. The Balaban J connectivity index is 0.00000130. The Kier molecular flexibility index (Phi) is 8.40. The Morgan fingerprint density at radius 2 is 1.69 bits per heavy atom. The van der Waals surface area contributed by atoms with Crippen molar-refractivity contribution in [2.24, 2.45) is 5.92 Å². The summed E-state index contributed by atoms with van der Waals surface area (Å²) >= 11 is 1.91. The van der Waals surface area contributed by atoms with Gasteiger partial charge >= 0.3 is 0 Å². The summed E-state index contributed by atoms with van der Waals surface area (Å²) in [6.07, 6.45) is 14.9. The van der Waals surface area contributed by atoms with Crippen LogP contribution in [-0.4, -0.2) is 38.9 Å². The number of nitrogens with zero attached hydrogens (tertiary/aromatic N) is 4. The third-order valence-corrected chi connectivity index (χ3v) is 8.32. The van der Waals surface area contributed by atoms with Crippen molar-refractivity contribution in [3.8, 4) is 0 Å². The number of aromatic nitrogens is 3. The highest BCUT2D eigenvalue weighted by Gasteiger charge is 2.32. The first-order valence-corrected chi connectivity index (χ1v) is 14.4. The number of hydrogen-bond acceptors (Lipinski definition) is 9. The van der Waals surface area contributed by atoms with Crippen LogP contribution in [0.25, 0.3) is 11.0 Å². The molecular weight excluding hydrogens is 468 g/mol. The zero-order chi connectivity index (χ0) is 24.7. The van der Waals surface area contributed by atoms with Crippen LogP contribution < -0.4 is 26.4 Å². The largest absolute Gasteiger partial charge is 0.370 e. The number of thioether (sulfide) groups is 1. The molecule has 0 spiro atoms. The summed E-state index contributed by atoms with van der Waals surface area (Å²) in [5.74, 6) is 1.61. The Morgan fingerprint density at radius 1 is 0.889 bits per heavy atom. The molecule has 8 nitrogen and oxygen atoms in total. The maximum absolute atomic E-state index is 4.84. The fraction of sp³-hybridized carbons (Fsp3) is 0.519. The van der Waals surface area contributed by atoms with Gasteiger partial charge in [-0.15, -0.1) is 0 Å². The number of hydrazine groups is 1. The molecule has 3 aliphatic rings. The molecule has 0 radical (unpaired) electrons. The SMILES string of the molecule is CC.c1ncc(N2CCCCC2)cc1Nc1cnc2ccc(NC3NNC(C4CCCC4)S3)nc2c1. The van der Waals surface area contributed by atoms with Crippen LogP contribution in [-0.2, 0) is 0 Å². The van der Waals surface area contributed by atoms with Crippen LogP contribution in [0.3, 0.4) is 0 Å². The van der Waals surface area contributed by atoms with Crippen LogP contribution in [0, 0.1) is 5.92 Å². The van der Waals surface area contributed by atoms with Gasteiger partial charge in [0.1, 0.15) is 11.3 Å². The van der Waals surface area contributed by atoms with Crippen LogP contribution in [0.1, 0.15) is 58.8 Å². The van der Waals surface area contributed by atoms with Gasteiger partial charge in [0.05, 0.1) is 52.1 Å². The first-order chi connectivity index (χ1) is 17.8. The summed E-state index contributed by atoms with van der Waals surface area (Å²) in [7, 11) is 0. The summed E-state index contributed by atoms with van der Waals surface area (Å²) < 4.78 is 0. The van der Waals surface area contributed by atoms with Gasteiger partial charge in [0.2, 0.25) is 0 Å². The molecule has 6 rings (SSSR count). The van der Waals surface area contributed by atoms with E-state index in [1.807, 2.05) is 56.3 Å². The van der Waals surface area contributed by atoms with Crippen molar-refractivity contribution in [2.45, 2.75) is 69.7 Å². The van der Waals surface area contributed by atoms with Crippen molar-refractivity contribution in [2.75, 3.05) is 28.6 Å². The van der Waals surface area contributed by atoms with Crippen LogP contribution in [0.15, 0.2) is 42.9 Å². The van der Waals surface area contributed by atoms with Gasteiger partial charge in [-0.05, 0) is 62.3 Å². The van der Waals surface area contributed by atoms with E-state index in [4.69, 9.17) is 4.98 Å². The quantitative estimate of drug-likeness (QED) is 0.329. The maximum Gasteiger partial charge on any atom is 0.141 e. The molecule has 3 aromatic rings. The first-order valence-electron chi connectivity index (χ1n) is 13.5. The lowest BCUT2D eigenvalue weighted by atomic mass is 10.1. The van der Waals surface area contributed by atoms with Crippen molar-refractivity contribution in [1.82, 2.24) is 25.8 Å². The second-order valence-corrected chi connectivity index (χ2v) is 10.7. The summed E-state index contributed by atoms with van der Waals surface area (Å²) in [5, 5.41) is 7.45. The maximum atomic E-state index is 4.84. The van der Waals surface area contributed by atoms with Crippen LogP contribution in [0.4, 0.5) is 22.9 Å². The number of rotatable bonds is 6. The lowest BCUT2D eigenvalue weighted by Crippen LogP contribution is -2.38. The molecule has 2 aliphatic heterocycles. The van der Waals surface area contributed by atoms with E-state index in [1.165, 1.54) is 50.6 Å². The van der Waals surface area contributed by atoms with Gasteiger partial charge < -0.3 is 15.5 Å². The predicted molar refractivity (Wildman–Crippen MR) is 151 cm³/mol. The fourth-order valence-electron chi connectivity index (χ4n) is 5.21. The van der Waals surface area contributed by atoms with E-state index in [-0.39, 0.29) is 5.50 Å². The number of nitrogens with one attached hydrogen (secondary N) is 4. The molecule has 0 aromatic carbocycles. The number of anilines is 4. The van der Waals surface area contributed by atoms with Gasteiger partial charge in [-0.2, -0.15) is 0 Å². The van der Waals surface area contributed by atoms with Gasteiger partial charge in [0, 0.05) is 13.1 Å². The van der Waals surface area contributed by atoms with E-state index in [0.29, 0.717) is 5.37 Å². The monoisotopic (exact) mass is 506 g/mol. The molecule has 0 bridgehead atoms. The van der Waals surface area contributed by atoms with Gasteiger partial charge in [0.15, 0.2) is 0 Å². The normalized spacial score (nSPS) is 22.3. The molecule has 36 heavy (non-hydrogen) atoms. The number of pyridine rings is 3. The van der Waals surface area contributed by atoms with Gasteiger partial charge in [-0.25, -0.2) is 15.8 Å². The van der Waals surface area contributed by atoms with Crippen LogP contribution in [0.5, 0.6) is 0 Å². The molecule has 9 heteroatoms. The standard InChI is InChI=1S/C25H32N8S.C2H6/c1-4-10-33(11-5-1)20-12-18(14-26-16-20)28-19-13-22-21(27-15-19)8-9-23(29-22)30-25-32-31-24(34-25)17-6-2-3-7-17;1-2/h8-9,12-17,24-25,28,31-32H,1-7,10-11H2,(H,29,30);1-2H3. The first kappa shape index (κ1) is 25.0. The Labute approximate surface area is 218 Å². The average Bonchev–Trinajstić information content (AvgIpc) is 3.63. The van der Waals surface area contributed by atoms with Crippen LogP contribution >= 0.6 is 11.8 Å². The molecule has 1 saturated carbocycles. The van der Waals surface area contributed by atoms with E-state index >= 15 is 0 Å². The molecule has 3 aromatic heterocycles. The van der Waals surface area contributed by atoms with Crippen LogP contribution in [0.2, 0.25) is 0 Å². The molecule has 192 valence electrons. The lowest BCUT2D eigenvalue weighted by molar-refractivity contribution is 0.431. The van der Waals surface area contributed by atoms with E-state index in [2.05, 4.69) is 48.5 Å². The minimum atomic E-state index is 0.105. The van der Waals surface area contributed by atoms with Crippen molar-refractivity contribution in [3.63, 3.8) is 0 Å². The Hall–Kier alpha value is -2.62. The summed E-state index contributed by atoms with van der Waals surface area (Å²) in [6, 6.07) is 8.24. The zero-order valence-electron chi connectivity index (χ0n) is 21.3. The lowest BCUT2D eigenvalue weighted by Gasteiger charge is -2.28. The van der Waals surface area contributed by atoms with E-state index in [0.717, 1.165) is 47.2 Å². The third kappa shape index (κ3) is 6.02. The van der Waals surface area contributed by atoms with Crippen molar-refractivity contribution < 1.29 is 0 Å². The number of piperidine rings is 1. The minimum Gasteiger partial charge on any atom is -0.370 e. The summed E-state index contributed by atoms with van der Waals surface area (Å²) in [4.78, 5) is 16.3. The molecular formula is C27H38N8S. The molecule has 3 fully saturated rings. The third-order valence-electron chi connectivity index (χ3n) is 7.02. The van der Waals surface area contributed by atoms with E-state index in [1.54, 1.807) is 0 Å². The van der Waals surface area contributed by atoms with E-state index in [9.17, 15) is 0 Å². The molecule has 5 heterocycles. The summed E-state index contributed by atoms with van der Waals surface area (Å²) in [5.41, 5.74) is 11.7. The second kappa shape index (κ2) is 12.1. The van der Waals surface area contributed by atoms with Crippen molar-refractivity contribution >= 4 is 45.7 Å². The topological polar surface area (TPSA) is 90.0 Å². The molecule has 2 saturated heterocycles. The Morgan fingerprint density at radius 3 is 2.53 bits per heavy atom. The van der Waals surface area contributed by atoms with Gasteiger partial charge in [0.25, 0.3) is 0 Å².